The maximum Gasteiger partial charge on any atom is 0.0954 e. The molecule has 0 radical (unpaired) electrons. The first-order valence-electron chi connectivity index (χ1n) is 7.09. The van der Waals surface area contributed by atoms with Crippen LogP contribution in [0, 0.1) is 6.92 Å². The number of fused-ring (bicyclic) bond motifs is 1. The molecular formula is C16H21N3. The molecule has 0 saturated carbocycles. The number of hydrogen-bond acceptors (Lipinski definition) is 2. The molecule has 0 aliphatic heterocycles. The maximum atomic E-state index is 5.68. The van der Waals surface area contributed by atoms with Crippen LogP contribution in [0.15, 0.2) is 24.5 Å². The van der Waals surface area contributed by atoms with Gasteiger partial charge in [-0.15, -0.1) is 0 Å². The maximum absolute atomic E-state index is 5.68. The molecule has 1 aromatic heterocycles. The molecule has 0 amide bonds. The average molecular weight is 255 g/mol. The summed E-state index contributed by atoms with van der Waals surface area (Å²) in [4.78, 5) is 4.56. The van der Waals surface area contributed by atoms with Gasteiger partial charge < -0.3 is 10.3 Å². The van der Waals surface area contributed by atoms with Gasteiger partial charge in [0.25, 0.3) is 0 Å². The van der Waals surface area contributed by atoms with Crippen LogP contribution in [0.5, 0.6) is 0 Å². The minimum absolute atomic E-state index is 0.613. The fourth-order valence-corrected chi connectivity index (χ4v) is 2.91. The van der Waals surface area contributed by atoms with Gasteiger partial charge in [-0.1, -0.05) is 18.2 Å². The van der Waals surface area contributed by atoms with Crippen LogP contribution in [-0.4, -0.2) is 9.55 Å². The summed E-state index contributed by atoms with van der Waals surface area (Å²) in [7, 11) is 0. The fourth-order valence-electron chi connectivity index (χ4n) is 2.91. The van der Waals surface area contributed by atoms with Gasteiger partial charge in [0.1, 0.15) is 0 Å². The molecule has 3 heteroatoms. The third-order valence-corrected chi connectivity index (χ3v) is 4.09. The number of aromatic nitrogens is 2. The lowest BCUT2D eigenvalue weighted by Gasteiger charge is -2.15. The van der Waals surface area contributed by atoms with Gasteiger partial charge in [-0.05, 0) is 49.3 Å². The lowest BCUT2D eigenvalue weighted by molar-refractivity contribution is 0.628. The van der Waals surface area contributed by atoms with Crippen molar-refractivity contribution < 1.29 is 0 Å². The molecule has 0 fully saturated rings. The molecule has 0 saturated heterocycles. The molecule has 1 aliphatic rings. The molecule has 100 valence electrons. The van der Waals surface area contributed by atoms with Crippen molar-refractivity contribution in [3.63, 3.8) is 0 Å². The standard InChI is InChI=1S/C16H21N3/c1-12-8-13(9-17)6-7-14(12)10-19-11-18-15-4-2-3-5-16(15)19/h6-8,11H,2-5,9-10,17H2,1H3. The summed E-state index contributed by atoms with van der Waals surface area (Å²) in [5.74, 6) is 0. The van der Waals surface area contributed by atoms with Gasteiger partial charge in [0.15, 0.2) is 0 Å². The third kappa shape index (κ3) is 2.43. The van der Waals surface area contributed by atoms with E-state index in [4.69, 9.17) is 5.73 Å². The van der Waals surface area contributed by atoms with Crippen LogP contribution >= 0.6 is 0 Å². The van der Waals surface area contributed by atoms with Gasteiger partial charge >= 0.3 is 0 Å². The predicted molar refractivity (Wildman–Crippen MR) is 77.0 cm³/mol. The molecule has 3 rings (SSSR count). The number of rotatable bonds is 3. The summed E-state index contributed by atoms with van der Waals surface area (Å²) >= 11 is 0. The van der Waals surface area contributed by atoms with E-state index in [1.807, 2.05) is 6.33 Å². The number of aryl methyl sites for hydroxylation is 2. The highest BCUT2D eigenvalue weighted by Gasteiger charge is 2.15. The Hall–Kier alpha value is -1.61. The normalized spacial score (nSPS) is 14.4. The van der Waals surface area contributed by atoms with Crippen molar-refractivity contribution in [2.24, 2.45) is 5.73 Å². The first kappa shape index (κ1) is 12.4. The largest absolute Gasteiger partial charge is 0.330 e. The van der Waals surface area contributed by atoms with Gasteiger partial charge in [-0.25, -0.2) is 4.98 Å². The van der Waals surface area contributed by atoms with E-state index in [0.717, 1.165) is 13.0 Å². The van der Waals surface area contributed by atoms with Crippen LogP contribution in [0.1, 0.15) is 40.9 Å². The van der Waals surface area contributed by atoms with E-state index in [9.17, 15) is 0 Å². The predicted octanol–water partition coefficient (Wildman–Crippen LogP) is 2.58. The highest BCUT2D eigenvalue weighted by molar-refractivity contribution is 5.32. The monoisotopic (exact) mass is 255 g/mol. The second kappa shape index (κ2) is 5.17. The Balaban J connectivity index is 1.87. The van der Waals surface area contributed by atoms with Crippen molar-refractivity contribution in [3.8, 4) is 0 Å². The van der Waals surface area contributed by atoms with E-state index in [2.05, 4.69) is 34.7 Å². The van der Waals surface area contributed by atoms with Gasteiger partial charge in [-0.2, -0.15) is 0 Å². The Morgan fingerprint density at radius 1 is 1.26 bits per heavy atom. The smallest absolute Gasteiger partial charge is 0.0954 e. The molecule has 19 heavy (non-hydrogen) atoms. The van der Waals surface area contributed by atoms with Crippen LogP contribution < -0.4 is 5.73 Å². The van der Waals surface area contributed by atoms with Crippen molar-refractivity contribution in [1.29, 1.82) is 0 Å². The van der Waals surface area contributed by atoms with Crippen LogP contribution in [0.4, 0.5) is 0 Å². The molecule has 2 aromatic rings. The van der Waals surface area contributed by atoms with Crippen LogP contribution in [0.25, 0.3) is 0 Å². The van der Waals surface area contributed by atoms with Crippen molar-refractivity contribution >= 4 is 0 Å². The SMILES string of the molecule is Cc1cc(CN)ccc1Cn1cnc2c1CCCC2. The fraction of sp³-hybridized carbons (Fsp3) is 0.438. The summed E-state index contributed by atoms with van der Waals surface area (Å²) in [5, 5.41) is 0. The summed E-state index contributed by atoms with van der Waals surface area (Å²) in [6, 6.07) is 6.52. The van der Waals surface area contributed by atoms with E-state index in [1.165, 1.54) is 47.3 Å². The summed E-state index contributed by atoms with van der Waals surface area (Å²) in [6.07, 6.45) is 6.91. The molecule has 2 N–H and O–H groups in total. The van der Waals surface area contributed by atoms with Gasteiger partial charge in [0.2, 0.25) is 0 Å². The van der Waals surface area contributed by atoms with E-state index >= 15 is 0 Å². The average Bonchev–Trinajstić information content (AvgIpc) is 2.84. The Morgan fingerprint density at radius 2 is 2.11 bits per heavy atom. The molecule has 1 heterocycles. The van der Waals surface area contributed by atoms with E-state index in [0.29, 0.717) is 6.54 Å². The summed E-state index contributed by atoms with van der Waals surface area (Å²) < 4.78 is 2.32. The zero-order chi connectivity index (χ0) is 13.2. The Labute approximate surface area is 114 Å². The van der Waals surface area contributed by atoms with Gasteiger partial charge in [0, 0.05) is 18.8 Å². The van der Waals surface area contributed by atoms with Crippen molar-refractivity contribution in [2.75, 3.05) is 0 Å². The number of nitrogens with two attached hydrogens (primary N) is 1. The summed E-state index contributed by atoms with van der Waals surface area (Å²) in [5.41, 5.74) is 12.3. The second-order valence-electron chi connectivity index (χ2n) is 5.44. The Morgan fingerprint density at radius 3 is 2.89 bits per heavy atom. The quantitative estimate of drug-likeness (QED) is 0.916. The molecular weight excluding hydrogens is 234 g/mol. The molecule has 0 spiro atoms. The highest BCUT2D eigenvalue weighted by Crippen LogP contribution is 2.21. The number of nitrogens with zero attached hydrogens (tertiary/aromatic N) is 2. The van der Waals surface area contributed by atoms with Crippen LogP contribution in [0.3, 0.4) is 0 Å². The number of hydrogen-bond donors (Lipinski definition) is 1. The number of benzene rings is 1. The third-order valence-electron chi connectivity index (χ3n) is 4.09. The first-order valence-corrected chi connectivity index (χ1v) is 7.09. The highest BCUT2D eigenvalue weighted by atomic mass is 15.1. The molecule has 0 unspecified atom stereocenters. The minimum Gasteiger partial charge on any atom is -0.330 e. The molecule has 3 nitrogen and oxygen atoms in total. The summed E-state index contributed by atoms with van der Waals surface area (Å²) in [6.45, 7) is 3.71. The molecule has 0 atom stereocenters. The van der Waals surface area contributed by atoms with Crippen molar-refractivity contribution in [2.45, 2.75) is 45.7 Å². The van der Waals surface area contributed by atoms with E-state index in [1.54, 1.807) is 0 Å². The Bertz CT molecular complexity index is 584. The minimum atomic E-state index is 0.613. The topological polar surface area (TPSA) is 43.8 Å². The molecule has 0 bridgehead atoms. The Kier molecular flexibility index (Phi) is 3.38. The van der Waals surface area contributed by atoms with Crippen molar-refractivity contribution in [3.05, 3.63) is 52.6 Å². The van der Waals surface area contributed by atoms with Crippen molar-refractivity contribution in [1.82, 2.24) is 9.55 Å². The van der Waals surface area contributed by atoms with E-state index in [-0.39, 0.29) is 0 Å². The van der Waals surface area contributed by atoms with Crippen LogP contribution in [0.2, 0.25) is 0 Å². The molecule has 1 aromatic carbocycles. The van der Waals surface area contributed by atoms with Crippen LogP contribution in [-0.2, 0) is 25.9 Å². The lowest BCUT2D eigenvalue weighted by Crippen LogP contribution is -2.10. The first-order chi connectivity index (χ1) is 9.28. The van der Waals surface area contributed by atoms with Gasteiger partial charge in [-0.3, -0.25) is 0 Å². The van der Waals surface area contributed by atoms with Gasteiger partial charge in [0.05, 0.1) is 12.0 Å². The lowest BCUT2D eigenvalue weighted by atomic mass is 10.0. The zero-order valence-corrected chi connectivity index (χ0v) is 11.5. The second-order valence-corrected chi connectivity index (χ2v) is 5.44. The van der Waals surface area contributed by atoms with E-state index < -0.39 is 0 Å². The zero-order valence-electron chi connectivity index (χ0n) is 11.5. The molecule has 1 aliphatic carbocycles. The number of imidazole rings is 1.